The zero-order valence-corrected chi connectivity index (χ0v) is 13.2. The van der Waals surface area contributed by atoms with E-state index in [1.54, 1.807) is 11.8 Å². The van der Waals surface area contributed by atoms with Crippen LogP contribution in [-0.2, 0) is 0 Å². The van der Waals surface area contributed by atoms with Crippen molar-refractivity contribution in [2.24, 2.45) is 11.7 Å². The van der Waals surface area contributed by atoms with E-state index in [2.05, 4.69) is 24.9 Å². The molecule has 1 aromatic rings. The first kappa shape index (κ1) is 17.0. The summed E-state index contributed by atoms with van der Waals surface area (Å²) in [6.45, 7) is 6.23. The lowest BCUT2D eigenvalue weighted by atomic mass is 10.0. The highest BCUT2D eigenvalue weighted by atomic mass is 32.2. The molecule has 0 aliphatic carbocycles. The van der Waals surface area contributed by atoms with Crippen LogP contribution in [0.1, 0.15) is 37.9 Å². The Morgan fingerprint density at radius 3 is 2.65 bits per heavy atom. The third-order valence-corrected chi connectivity index (χ3v) is 4.19. The summed E-state index contributed by atoms with van der Waals surface area (Å²) in [5.41, 5.74) is 7.36. The van der Waals surface area contributed by atoms with Crippen LogP contribution in [0.5, 0.6) is 0 Å². The van der Waals surface area contributed by atoms with Crippen molar-refractivity contribution >= 4 is 11.8 Å². The number of aryl methyl sites for hydroxylation is 1. The topological polar surface area (TPSA) is 82.9 Å². The van der Waals surface area contributed by atoms with E-state index in [-0.39, 0.29) is 17.9 Å². The first-order chi connectivity index (χ1) is 9.46. The van der Waals surface area contributed by atoms with Gasteiger partial charge in [0.15, 0.2) is 0 Å². The van der Waals surface area contributed by atoms with Gasteiger partial charge >= 0.3 is 0 Å². The van der Waals surface area contributed by atoms with Gasteiger partial charge in [-0.25, -0.2) is 4.98 Å². The Morgan fingerprint density at radius 1 is 1.40 bits per heavy atom. The molecule has 1 aromatic heterocycles. The molecule has 0 bridgehead atoms. The number of thioether (sulfide) groups is 1. The maximum atomic E-state index is 9.16. The number of nitrogens with zero attached hydrogens (tertiary/aromatic N) is 2. The minimum absolute atomic E-state index is 0.0124. The van der Waals surface area contributed by atoms with Crippen molar-refractivity contribution in [1.29, 1.82) is 5.26 Å². The maximum absolute atomic E-state index is 9.16. The van der Waals surface area contributed by atoms with Crippen molar-refractivity contribution in [3.05, 3.63) is 23.4 Å². The van der Waals surface area contributed by atoms with Crippen LogP contribution in [0, 0.1) is 24.2 Å². The smallest absolute Gasteiger partial charge is 0.114 e. The lowest BCUT2D eigenvalue weighted by Gasteiger charge is -2.21. The maximum Gasteiger partial charge on any atom is 0.114 e. The summed E-state index contributed by atoms with van der Waals surface area (Å²) in [5.74, 6) is 0.536. The van der Waals surface area contributed by atoms with E-state index in [9.17, 15) is 0 Å². The molecule has 0 aliphatic heterocycles. The van der Waals surface area contributed by atoms with E-state index in [1.807, 2.05) is 19.1 Å². The molecule has 2 atom stereocenters. The Labute approximate surface area is 125 Å². The number of pyridine rings is 1. The minimum Gasteiger partial charge on any atom is -0.395 e. The van der Waals surface area contributed by atoms with Crippen molar-refractivity contribution in [3.63, 3.8) is 0 Å². The van der Waals surface area contributed by atoms with Crippen LogP contribution in [-0.4, -0.2) is 28.0 Å². The molecule has 0 unspecified atom stereocenters. The zero-order valence-electron chi connectivity index (χ0n) is 12.3. The molecule has 0 saturated heterocycles. The molecule has 110 valence electrons. The Kier molecular flexibility index (Phi) is 7.00. The molecule has 5 heteroatoms. The van der Waals surface area contributed by atoms with Crippen LogP contribution < -0.4 is 5.73 Å². The zero-order chi connectivity index (χ0) is 15.1. The van der Waals surface area contributed by atoms with E-state index >= 15 is 0 Å². The quantitative estimate of drug-likeness (QED) is 0.755. The second-order valence-corrected chi connectivity index (χ2v) is 6.75. The molecule has 0 saturated carbocycles. The fourth-order valence-electron chi connectivity index (χ4n) is 2.00. The van der Waals surface area contributed by atoms with Crippen LogP contribution in [0.15, 0.2) is 17.2 Å². The highest BCUT2D eigenvalue weighted by Gasteiger charge is 2.18. The molecule has 1 heterocycles. The Morgan fingerprint density at radius 2 is 2.10 bits per heavy atom. The molecular weight excluding hydrogens is 270 g/mol. The van der Waals surface area contributed by atoms with E-state index in [0.29, 0.717) is 11.5 Å². The molecule has 4 nitrogen and oxygen atoms in total. The van der Waals surface area contributed by atoms with Gasteiger partial charge in [-0.15, -0.1) is 11.8 Å². The van der Waals surface area contributed by atoms with Gasteiger partial charge in [0.1, 0.15) is 11.1 Å². The summed E-state index contributed by atoms with van der Waals surface area (Å²) in [6, 6.07) is 5.62. The van der Waals surface area contributed by atoms with Crippen molar-refractivity contribution in [3.8, 4) is 6.07 Å². The largest absolute Gasteiger partial charge is 0.395 e. The predicted molar refractivity (Wildman–Crippen MR) is 82.5 cm³/mol. The van der Waals surface area contributed by atoms with Crippen LogP contribution in [0.4, 0.5) is 0 Å². The molecule has 20 heavy (non-hydrogen) atoms. The summed E-state index contributed by atoms with van der Waals surface area (Å²) in [6.07, 6.45) is 1.71. The average molecular weight is 293 g/mol. The number of aromatic nitrogens is 1. The van der Waals surface area contributed by atoms with E-state index in [1.165, 1.54) is 0 Å². The molecule has 3 N–H and O–H groups in total. The van der Waals surface area contributed by atoms with Crippen molar-refractivity contribution < 1.29 is 5.11 Å². The van der Waals surface area contributed by atoms with Crippen LogP contribution in [0.25, 0.3) is 0 Å². The second kappa shape index (κ2) is 8.25. The molecule has 0 aromatic carbocycles. The van der Waals surface area contributed by atoms with Gasteiger partial charge in [0.05, 0.1) is 12.2 Å². The highest BCUT2D eigenvalue weighted by molar-refractivity contribution is 7.99. The van der Waals surface area contributed by atoms with Crippen molar-refractivity contribution in [2.45, 2.75) is 49.9 Å². The SMILES string of the molecule is Cc1ccc(C#N)c(S[C@@H](CC(C)C)C[C@H](N)CO)n1. The number of hydrogen-bond acceptors (Lipinski definition) is 5. The van der Waals surface area contributed by atoms with Gasteiger partial charge in [-0.2, -0.15) is 5.26 Å². The van der Waals surface area contributed by atoms with Gasteiger partial charge < -0.3 is 10.8 Å². The standard InChI is InChI=1S/C15H23N3OS/c1-10(2)6-14(7-13(17)9-19)20-15-12(8-16)5-4-11(3)18-15/h4-5,10,13-14,19H,6-7,9,17H2,1-3H3/t13-,14-/m0/s1. The number of rotatable bonds is 7. The van der Waals surface area contributed by atoms with E-state index in [0.717, 1.165) is 23.6 Å². The Bertz CT molecular complexity index is 471. The number of nitriles is 1. The van der Waals surface area contributed by atoms with Gasteiger partial charge in [0, 0.05) is 17.0 Å². The van der Waals surface area contributed by atoms with Gasteiger partial charge in [0.2, 0.25) is 0 Å². The molecule has 0 aliphatic rings. The van der Waals surface area contributed by atoms with Crippen LogP contribution >= 0.6 is 11.8 Å². The van der Waals surface area contributed by atoms with Gasteiger partial charge in [-0.3, -0.25) is 0 Å². The summed E-state index contributed by atoms with van der Waals surface area (Å²) in [4.78, 5) is 4.46. The molecule has 0 fully saturated rings. The normalized spacial score (nSPS) is 14.1. The third-order valence-electron chi connectivity index (χ3n) is 2.93. The number of aliphatic hydroxyl groups excluding tert-OH is 1. The molecule has 0 amide bonds. The van der Waals surface area contributed by atoms with Crippen molar-refractivity contribution in [1.82, 2.24) is 4.98 Å². The van der Waals surface area contributed by atoms with Crippen LogP contribution in [0.3, 0.4) is 0 Å². The molecule has 0 radical (unpaired) electrons. The van der Waals surface area contributed by atoms with E-state index < -0.39 is 0 Å². The molecule has 1 rings (SSSR count). The lowest BCUT2D eigenvalue weighted by Crippen LogP contribution is -2.29. The van der Waals surface area contributed by atoms with E-state index in [4.69, 9.17) is 16.1 Å². The predicted octanol–water partition coefficient (Wildman–Crippen LogP) is 2.48. The fraction of sp³-hybridized carbons (Fsp3) is 0.600. The fourth-order valence-corrected chi connectivity index (χ4v) is 3.57. The minimum atomic E-state index is -0.221. The number of nitrogens with two attached hydrogens (primary N) is 1. The number of hydrogen-bond donors (Lipinski definition) is 2. The number of aliphatic hydroxyl groups is 1. The van der Waals surface area contributed by atoms with Crippen LogP contribution in [0.2, 0.25) is 0 Å². The Balaban J connectivity index is 2.88. The monoisotopic (exact) mass is 293 g/mol. The van der Waals surface area contributed by atoms with Crippen molar-refractivity contribution in [2.75, 3.05) is 6.61 Å². The first-order valence-electron chi connectivity index (χ1n) is 6.87. The summed E-state index contributed by atoms with van der Waals surface area (Å²) in [7, 11) is 0. The first-order valence-corrected chi connectivity index (χ1v) is 7.75. The molecule has 0 spiro atoms. The summed E-state index contributed by atoms with van der Waals surface area (Å²) < 4.78 is 0. The highest BCUT2D eigenvalue weighted by Crippen LogP contribution is 2.31. The molecular formula is C15H23N3OS. The van der Waals surface area contributed by atoms with Gasteiger partial charge in [0.25, 0.3) is 0 Å². The summed E-state index contributed by atoms with van der Waals surface area (Å²) in [5, 5.41) is 19.3. The lowest BCUT2D eigenvalue weighted by molar-refractivity contribution is 0.257. The van der Waals surface area contributed by atoms with Gasteiger partial charge in [-0.1, -0.05) is 13.8 Å². The average Bonchev–Trinajstić information content (AvgIpc) is 2.38. The summed E-state index contributed by atoms with van der Waals surface area (Å²) >= 11 is 1.60. The van der Waals surface area contributed by atoms with Gasteiger partial charge in [-0.05, 0) is 37.8 Å². The second-order valence-electron chi connectivity index (χ2n) is 5.46. The third kappa shape index (κ3) is 5.49. The Hall–Kier alpha value is -1.09.